The number of hydrogen-bond acceptors (Lipinski definition) is 3. The molecule has 8 heteroatoms. The Bertz CT molecular complexity index is 1060. The van der Waals surface area contributed by atoms with E-state index in [9.17, 15) is 14.4 Å². The number of rotatable bonds is 8. The second kappa shape index (κ2) is 9.93. The molecule has 156 valence electrons. The fourth-order valence-corrected chi connectivity index (χ4v) is 3.42. The molecule has 0 aliphatic rings. The molecule has 0 saturated carbocycles. The molecule has 1 aromatic heterocycles. The predicted molar refractivity (Wildman–Crippen MR) is 116 cm³/mol. The molecule has 1 atom stereocenters. The first-order valence-corrected chi connectivity index (χ1v) is 9.96. The standard InChI is InChI=1S/C22H23ClN4O3/c1-14(28)27-20(12-15-13-26-19-9-5-3-6-16(15)19)22(30)25-11-10-24-21(29)17-7-2-4-8-18(17)23/h2-9,13,20,26H,10-12H2,1H3,(H,24,29)(H,25,30)(H,27,28). The van der Waals surface area contributed by atoms with Gasteiger partial charge in [-0.2, -0.15) is 0 Å². The van der Waals surface area contributed by atoms with E-state index in [1.165, 1.54) is 6.92 Å². The highest BCUT2D eigenvalue weighted by Crippen LogP contribution is 2.19. The van der Waals surface area contributed by atoms with E-state index in [2.05, 4.69) is 20.9 Å². The second-order valence-corrected chi connectivity index (χ2v) is 7.25. The molecule has 30 heavy (non-hydrogen) atoms. The van der Waals surface area contributed by atoms with Gasteiger partial charge in [0.1, 0.15) is 6.04 Å². The number of aromatic amines is 1. The summed E-state index contributed by atoms with van der Waals surface area (Å²) in [5, 5.41) is 9.54. The van der Waals surface area contributed by atoms with Crippen LogP contribution in [0.2, 0.25) is 5.02 Å². The van der Waals surface area contributed by atoms with Crippen LogP contribution >= 0.6 is 11.6 Å². The van der Waals surface area contributed by atoms with Crippen LogP contribution in [0.3, 0.4) is 0 Å². The molecule has 3 aromatic rings. The number of hydrogen-bond donors (Lipinski definition) is 4. The summed E-state index contributed by atoms with van der Waals surface area (Å²) in [5.41, 5.74) is 2.28. The van der Waals surface area contributed by atoms with Crippen LogP contribution < -0.4 is 16.0 Å². The fraction of sp³-hybridized carbons (Fsp3) is 0.227. The van der Waals surface area contributed by atoms with Crippen LogP contribution in [0.15, 0.2) is 54.7 Å². The molecule has 3 rings (SSSR count). The van der Waals surface area contributed by atoms with Crippen LogP contribution in [0, 0.1) is 0 Å². The van der Waals surface area contributed by atoms with Gasteiger partial charge in [0.2, 0.25) is 11.8 Å². The molecule has 1 unspecified atom stereocenters. The van der Waals surface area contributed by atoms with Crippen molar-refractivity contribution in [2.45, 2.75) is 19.4 Å². The van der Waals surface area contributed by atoms with Gasteiger partial charge in [0.15, 0.2) is 0 Å². The Morgan fingerprint density at radius 2 is 1.70 bits per heavy atom. The first-order valence-electron chi connectivity index (χ1n) is 9.58. The van der Waals surface area contributed by atoms with Crippen LogP contribution in [0.1, 0.15) is 22.8 Å². The smallest absolute Gasteiger partial charge is 0.252 e. The van der Waals surface area contributed by atoms with E-state index in [1.807, 2.05) is 30.5 Å². The average Bonchev–Trinajstić information content (AvgIpc) is 3.13. The lowest BCUT2D eigenvalue weighted by Gasteiger charge is -2.17. The summed E-state index contributed by atoms with van der Waals surface area (Å²) in [6, 6.07) is 13.8. The lowest BCUT2D eigenvalue weighted by atomic mass is 10.0. The van der Waals surface area contributed by atoms with Crippen LogP contribution in [0.5, 0.6) is 0 Å². The Morgan fingerprint density at radius 3 is 2.47 bits per heavy atom. The summed E-state index contributed by atoms with van der Waals surface area (Å²) in [6.07, 6.45) is 2.19. The predicted octanol–water partition coefficient (Wildman–Crippen LogP) is 2.41. The monoisotopic (exact) mass is 426 g/mol. The Kier molecular flexibility index (Phi) is 7.08. The number of benzene rings is 2. The van der Waals surface area contributed by atoms with Crippen molar-refractivity contribution in [1.29, 1.82) is 0 Å². The van der Waals surface area contributed by atoms with E-state index in [1.54, 1.807) is 24.3 Å². The quantitative estimate of drug-likeness (QED) is 0.416. The van der Waals surface area contributed by atoms with E-state index in [0.29, 0.717) is 17.0 Å². The number of fused-ring (bicyclic) bond motifs is 1. The van der Waals surface area contributed by atoms with Crippen molar-refractivity contribution < 1.29 is 14.4 Å². The van der Waals surface area contributed by atoms with Crippen LogP contribution in [-0.4, -0.2) is 41.8 Å². The maximum Gasteiger partial charge on any atom is 0.252 e. The molecule has 0 saturated heterocycles. The van der Waals surface area contributed by atoms with Crippen LogP contribution in [-0.2, 0) is 16.0 Å². The van der Waals surface area contributed by atoms with Gasteiger partial charge in [0, 0.05) is 43.5 Å². The summed E-state index contributed by atoms with van der Waals surface area (Å²) in [5.74, 6) is -0.920. The van der Waals surface area contributed by atoms with Crippen molar-refractivity contribution in [3.8, 4) is 0 Å². The zero-order valence-corrected chi connectivity index (χ0v) is 17.3. The molecule has 0 fully saturated rings. The number of amides is 3. The SMILES string of the molecule is CC(=O)NC(Cc1c[nH]c2ccccc12)C(=O)NCCNC(=O)c1ccccc1Cl. The summed E-state index contributed by atoms with van der Waals surface area (Å²) in [6.45, 7) is 1.83. The molecule has 2 aromatic carbocycles. The van der Waals surface area contributed by atoms with Gasteiger partial charge in [-0.15, -0.1) is 0 Å². The van der Waals surface area contributed by atoms with E-state index in [4.69, 9.17) is 11.6 Å². The van der Waals surface area contributed by atoms with Gasteiger partial charge < -0.3 is 20.9 Å². The Hall–Kier alpha value is -3.32. The van der Waals surface area contributed by atoms with Crippen molar-refractivity contribution in [3.63, 3.8) is 0 Å². The normalized spacial score (nSPS) is 11.7. The minimum Gasteiger partial charge on any atom is -0.361 e. The number of carbonyl (C=O) groups excluding carboxylic acids is 3. The second-order valence-electron chi connectivity index (χ2n) is 6.84. The van der Waals surface area contributed by atoms with Crippen molar-refractivity contribution in [3.05, 3.63) is 70.9 Å². The molecule has 0 spiro atoms. The van der Waals surface area contributed by atoms with E-state index >= 15 is 0 Å². The molecule has 0 bridgehead atoms. The average molecular weight is 427 g/mol. The minimum absolute atomic E-state index is 0.221. The number of H-pyrrole nitrogens is 1. The zero-order chi connectivity index (χ0) is 21.5. The third-order valence-corrected chi connectivity index (χ3v) is 4.95. The Balaban J connectivity index is 1.56. The van der Waals surface area contributed by atoms with Crippen molar-refractivity contribution in [2.24, 2.45) is 0 Å². The number of aromatic nitrogens is 1. The van der Waals surface area contributed by atoms with Crippen LogP contribution in [0.25, 0.3) is 10.9 Å². The molecule has 4 N–H and O–H groups in total. The maximum absolute atomic E-state index is 12.6. The first kappa shape index (κ1) is 21.4. The highest BCUT2D eigenvalue weighted by molar-refractivity contribution is 6.33. The Morgan fingerprint density at radius 1 is 1.00 bits per heavy atom. The molecular weight excluding hydrogens is 404 g/mol. The fourth-order valence-electron chi connectivity index (χ4n) is 3.20. The molecular formula is C22H23ClN4O3. The molecule has 0 aliphatic heterocycles. The van der Waals surface area contributed by atoms with Crippen LogP contribution in [0.4, 0.5) is 0 Å². The van der Waals surface area contributed by atoms with Crippen molar-refractivity contribution >= 4 is 40.2 Å². The van der Waals surface area contributed by atoms with Gasteiger partial charge in [0.25, 0.3) is 5.91 Å². The van der Waals surface area contributed by atoms with E-state index in [-0.39, 0.29) is 30.8 Å². The lowest BCUT2D eigenvalue weighted by Crippen LogP contribution is -2.48. The molecule has 3 amide bonds. The van der Waals surface area contributed by atoms with Crippen molar-refractivity contribution in [1.82, 2.24) is 20.9 Å². The third-order valence-electron chi connectivity index (χ3n) is 4.62. The highest BCUT2D eigenvalue weighted by atomic mass is 35.5. The summed E-state index contributed by atoms with van der Waals surface area (Å²) in [7, 11) is 0. The maximum atomic E-state index is 12.6. The topological polar surface area (TPSA) is 103 Å². The van der Waals surface area contributed by atoms with E-state index < -0.39 is 6.04 Å². The number of halogens is 1. The molecule has 1 heterocycles. The molecule has 7 nitrogen and oxygen atoms in total. The number of nitrogens with one attached hydrogen (secondary N) is 4. The zero-order valence-electron chi connectivity index (χ0n) is 16.5. The van der Waals surface area contributed by atoms with E-state index in [0.717, 1.165) is 16.5 Å². The largest absolute Gasteiger partial charge is 0.361 e. The first-order chi connectivity index (χ1) is 14.5. The summed E-state index contributed by atoms with van der Waals surface area (Å²) >= 11 is 6.01. The summed E-state index contributed by atoms with van der Waals surface area (Å²) < 4.78 is 0. The van der Waals surface area contributed by atoms with Crippen molar-refractivity contribution in [2.75, 3.05) is 13.1 Å². The minimum atomic E-state index is -0.721. The lowest BCUT2D eigenvalue weighted by molar-refractivity contribution is -0.128. The Labute approximate surface area is 179 Å². The van der Waals surface area contributed by atoms with Gasteiger partial charge in [-0.25, -0.2) is 0 Å². The third kappa shape index (κ3) is 5.39. The van der Waals surface area contributed by atoms with Gasteiger partial charge >= 0.3 is 0 Å². The number of para-hydroxylation sites is 1. The number of carbonyl (C=O) groups is 3. The van der Waals surface area contributed by atoms with Gasteiger partial charge in [-0.3, -0.25) is 14.4 Å². The van der Waals surface area contributed by atoms with Gasteiger partial charge in [-0.05, 0) is 23.8 Å². The molecule has 0 aliphatic carbocycles. The van der Waals surface area contributed by atoms with Gasteiger partial charge in [-0.1, -0.05) is 41.9 Å². The van der Waals surface area contributed by atoms with Gasteiger partial charge in [0.05, 0.1) is 10.6 Å². The highest BCUT2D eigenvalue weighted by Gasteiger charge is 2.21. The molecule has 0 radical (unpaired) electrons. The summed E-state index contributed by atoms with van der Waals surface area (Å²) in [4.78, 5) is 39.6.